The largest absolute Gasteiger partial charge is 0.438 e. The summed E-state index contributed by atoms with van der Waals surface area (Å²) in [4.78, 5) is 12.3. The molecule has 0 saturated heterocycles. The molecule has 0 atom stereocenters. The minimum atomic E-state index is -3.72. The van der Waals surface area contributed by atoms with Gasteiger partial charge in [-0.25, -0.2) is 13.1 Å². The van der Waals surface area contributed by atoms with Gasteiger partial charge in [-0.3, -0.25) is 4.79 Å². The standard InChI is InChI=1S/C20H18N2O4S/c23-20(18-12-13-19(26-18)27(24,25)22-17-10-11-17)21-16-8-6-15(7-9-16)14-4-2-1-3-5-14/h1-9,12-13,17,22H,10-11H2,(H,21,23). The van der Waals surface area contributed by atoms with Gasteiger partial charge in [0.05, 0.1) is 0 Å². The summed E-state index contributed by atoms with van der Waals surface area (Å²) in [7, 11) is -3.72. The first-order valence-corrected chi connectivity index (χ1v) is 10.1. The average Bonchev–Trinajstić information content (AvgIpc) is 3.32. The fourth-order valence-electron chi connectivity index (χ4n) is 2.63. The Hall–Kier alpha value is -2.90. The highest BCUT2D eigenvalue weighted by molar-refractivity contribution is 7.89. The highest BCUT2D eigenvalue weighted by atomic mass is 32.2. The molecule has 1 amide bonds. The summed E-state index contributed by atoms with van der Waals surface area (Å²) in [6.45, 7) is 0. The van der Waals surface area contributed by atoms with Crippen LogP contribution in [0.4, 0.5) is 5.69 Å². The summed E-state index contributed by atoms with van der Waals surface area (Å²) in [5, 5.41) is 2.46. The van der Waals surface area contributed by atoms with Crippen LogP contribution in [0.25, 0.3) is 11.1 Å². The van der Waals surface area contributed by atoms with Crippen LogP contribution in [0.3, 0.4) is 0 Å². The number of furan rings is 1. The first-order valence-electron chi connectivity index (χ1n) is 8.60. The van der Waals surface area contributed by atoms with Crippen LogP contribution in [0.2, 0.25) is 0 Å². The third-order valence-electron chi connectivity index (χ3n) is 4.22. The summed E-state index contributed by atoms with van der Waals surface area (Å²) in [6.07, 6.45) is 1.65. The van der Waals surface area contributed by atoms with Crippen molar-refractivity contribution in [1.82, 2.24) is 4.72 Å². The minimum absolute atomic E-state index is 0.0273. The molecule has 1 aliphatic carbocycles. The Morgan fingerprint density at radius 1 is 0.889 bits per heavy atom. The van der Waals surface area contributed by atoms with Gasteiger partial charge in [0.25, 0.3) is 15.9 Å². The monoisotopic (exact) mass is 382 g/mol. The van der Waals surface area contributed by atoms with Crippen molar-refractivity contribution in [3.05, 3.63) is 72.5 Å². The second-order valence-electron chi connectivity index (χ2n) is 6.41. The first-order chi connectivity index (χ1) is 13.0. The van der Waals surface area contributed by atoms with Crippen molar-refractivity contribution in [3.8, 4) is 11.1 Å². The predicted molar refractivity (Wildman–Crippen MR) is 102 cm³/mol. The van der Waals surface area contributed by atoms with Crippen molar-refractivity contribution in [3.63, 3.8) is 0 Å². The lowest BCUT2D eigenvalue weighted by atomic mass is 10.1. The second kappa shape index (κ2) is 7.02. The number of anilines is 1. The van der Waals surface area contributed by atoms with Gasteiger partial charge in [-0.05, 0) is 48.2 Å². The number of hydrogen-bond acceptors (Lipinski definition) is 4. The molecule has 2 aromatic carbocycles. The Kier molecular flexibility index (Phi) is 4.55. The van der Waals surface area contributed by atoms with Crippen LogP contribution < -0.4 is 10.0 Å². The minimum Gasteiger partial charge on any atom is -0.438 e. The molecule has 6 nitrogen and oxygen atoms in total. The van der Waals surface area contributed by atoms with Gasteiger partial charge in [0.15, 0.2) is 5.76 Å². The number of carbonyl (C=O) groups excluding carboxylic acids is 1. The Morgan fingerprint density at radius 2 is 1.56 bits per heavy atom. The van der Waals surface area contributed by atoms with E-state index in [0.29, 0.717) is 5.69 Å². The molecule has 27 heavy (non-hydrogen) atoms. The SMILES string of the molecule is O=C(Nc1ccc(-c2ccccc2)cc1)c1ccc(S(=O)(=O)NC2CC2)o1. The summed E-state index contributed by atoms with van der Waals surface area (Å²) in [6, 6.07) is 19.9. The van der Waals surface area contributed by atoms with Crippen LogP contribution >= 0.6 is 0 Å². The molecular formula is C20H18N2O4S. The molecular weight excluding hydrogens is 364 g/mol. The van der Waals surface area contributed by atoms with E-state index in [0.717, 1.165) is 24.0 Å². The van der Waals surface area contributed by atoms with Gasteiger partial charge in [0.2, 0.25) is 5.09 Å². The Labute approximate surface area is 157 Å². The lowest BCUT2D eigenvalue weighted by Gasteiger charge is -2.06. The second-order valence-corrected chi connectivity index (χ2v) is 8.06. The van der Waals surface area contributed by atoms with Crippen LogP contribution in [-0.4, -0.2) is 20.4 Å². The van der Waals surface area contributed by atoms with Crippen molar-refractivity contribution < 1.29 is 17.6 Å². The van der Waals surface area contributed by atoms with Crippen molar-refractivity contribution in [2.75, 3.05) is 5.32 Å². The maximum absolute atomic E-state index is 12.3. The highest BCUT2D eigenvalue weighted by Gasteiger charge is 2.30. The first kappa shape index (κ1) is 17.5. The third-order valence-corrected chi connectivity index (χ3v) is 5.61. The molecule has 138 valence electrons. The van der Waals surface area contributed by atoms with Crippen molar-refractivity contribution in [2.45, 2.75) is 24.0 Å². The van der Waals surface area contributed by atoms with Crippen LogP contribution in [0.5, 0.6) is 0 Å². The maximum atomic E-state index is 12.3. The number of sulfonamides is 1. The van der Waals surface area contributed by atoms with Gasteiger partial charge in [-0.1, -0.05) is 42.5 Å². The molecule has 1 heterocycles. The number of amides is 1. The van der Waals surface area contributed by atoms with Gasteiger partial charge < -0.3 is 9.73 Å². The number of hydrogen-bond donors (Lipinski definition) is 2. The smallest absolute Gasteiger partial charge is 0.291 e. The summed E-state index contributed by atoms with van der Waals surface area (Å²) >= 11 is 0. The van der Waals surface area contributed by atoms with Gasteiger partial charge in [0.1, 0.15) is 0 Å². The number of carbonyl (C=O) groups is 1. The van der Waals surface area contributed by atoms with Crippen LogP contribution in [0.15, 0.2) is 76.2 Å². The molecule has 1 aromatic heterocycles. The van der Waals surface area contributed by atoms with E-state index in [2.05, 4.69) is 10.0 Å². The quantitative estimate of drug-likeness (QED) is 0.681. The zero-order valence-corrected chi connectivity index (χ0v) is 15.2. The lowest BCUT2D eigenvalue weighted by Crippen LogP contribution is -2.25. The highest BCUT2D eigenvalue weighted by Crippen LogP contribution is 2.24. The van der Waals surface area contributed by atoms with E-state index >= 15 is 0 Å². The lowest BCUT2D eigenvalue weighted by molar-refractivity contribution is 0.0991. The topological polar surface area (TPSA) is 88.4 Å². The molecule has 4 rings (SSSR count). The molecule has 0 aliphatic heterocycles. The Morgan fingerprint density at radius 3 is 2.22 bits per heavy atom. The number of benzene rings is 2. The third kappa shape index (κ3) is 4.10. The predicted octanol–water partition coefficient (Wildman–Crippen LogP) is 3.64. The van der Waals surface area contributed by atoms with Gasteiger partial charge in [-0.15, -0.1) is 0 Å². The molecule has 2 N–H and O–H groups in total. The Balaban J connectivity index is 1.45. The van der Waals surface area contributed by atoms with Crippen LogP contribution in [-0.2, 0) is 10.0 Å². The van der Waals surface area contributed by atoms with E-state index < -0.39 is 15.9 Å². The molecule has 1 fully saturated rings. The van der Waals surface area contributed by atoms with E-state index in [9.17, 15) is 13.2 Å². The van der Waals surface area contributed by atoms with Crippen molar-refractivity contribution in [2.24, 2.45) is 0 Å². The summed E-state index contributed by atoms with van der Waals surface area (Å²) in [5.74, 6) is -0.561. The molecule has 0 spiro atoms. The molecule has 0 unspecified atom stereocenters. The molecule has 0 radical (unpaired) electrons. The molecule has 0 bridgehead atoms. The zero-order valence-electron chi connectivity index (χ0n) is 14.4. The van der Waals surface area contributed by atoms with Crippen molar-refractivity contribution in [1.29, 1.82) is 0 Å². The fourth-order valence-corrected chi connectivity index (χ4v) is 3.87. The van der Waals surface area contributed by atoms with E-state index in [1.807, 2.05) is 42.5 Å². The normalized spacial score (nSPS) is 14.1. The molecule has 1 saturated carbocycles. The van der Waals surface area contributed by atoms with E-state index in [-0.39, 0.29) is 16.9 Å². The van der Waals surface area contributed by atoms with Gasteiger partial charge in [-0.2, -0.15) is 0 Å². The molecule has 7 heteroatoms. The molecule has 3 aromatic rings. The fraction of sp³-hybridized carbons (Fsp3) is 0.150. The Bertz CT molecular complexity index is 1050. The maximum Gasteiger partial charge on any atom is 0.291 e. The summed E-state index contributed by atoms with van der Waals surface area (Å²) < 4.78 is 32.0. The summed E-state index contributed by atoms with van der Waals surface area (Å²) in [5.41, 5.74) is 2.71. The van der Waals surface area contributed by atoms with E-state index in [1.165, 1.54) is 12.1 Å². The average molecular weight is 382 g/mol. The van der Waals surface area contributed by atoms with Crippen LogP contribution in [0.1, 0.15) is 23.4 Å². The zero-order chi connectivity index (χ0) is 18.9. The van der Waals surface area contributed by atoms with Gasteiger partial charge in [0, 0.05) is 11.7 Å². The molecule has 1 aliphatic rings. The van der Waals surface area contributed by atoms with Crippen LogP contribution in [0, 0.1) is 0 Å². The number of rotatable bonds is 6. The number of nitrogens with one attached hydrogen (secondary N) is 2. The van der Waals surface area contributed by atoms with Crippen molar-refractivity contribution >= 4 is 21.6 Å². The van der Waals surface area contributed by atoms with E-state index in [1.54, 1.807) is 12.1 Å². The van der Waals surface area contributed by atoms with E-state index in [4.69, 9.17) is 4.42 Å². The van der Waals surface area contributed by atoms with Gasteiger partial charge >= 0.3 is 0 Å².